The number of anilines is 1. The molecule has 0 aromatic heterocycles. The number of benzene rings is 3. The van der Waals surface area contributed by atoms with Crippen LogP contribution >= 0.6 is 0 Å². The number of aliphatic hydroxyl groups is 2. The molecule has 0 saturated heterocycles. The van der Waals surface area contributed by atoms with Crippen LogP contribution in [-0.2, 0) is 0 Å². The number of azo groups is 2. The average Bonchev–Trinajstić information content (AvgIpc) is 2.91. The highest BCUT2D eigenvalue weighted by Crippen LogP contribution is 2.41. The van der Waals surface area contributed by atoms with Gasteiger partial charge in [0.05, 0.1) is 43.7 Å². The number of non-ortho nitro benzene ring substituents is 1. The molecular formula is C24H26N6O6. The molecule has 12 nitrogen and oxygen atoms in total. The summed E-state index contributed by atoms with van der Waals surface area (Å²) in [6.07, 6.45) is 0. The number of nitro benzene ring substituents is 1. The molecule has 0 bridgehead atoms. The Kier molecular flexibility index (Phi) is 9.37. The lowest BCUT2D eigenvalue weighted by molar-refractivity contribution is -0.384. The lowest BCUT2D eigenvalue weighted by Crippen LogP contribution is -2.29. The SMILES string of the molecule is COc1cc(N=Nc2ccc([N+](=O)[O-])cc2)c(OC)cc1N=Nc1ccc(N(CCO)CCO)cc1. The molecule has 0 amide bonds. The molecule has 0 heterocycles. The van der Waals surface area contributed by atoms with E-state index in [0.29, 0.717) is 47.3 Å². The van der Waals surface area contributed by atoms with Gasteiger partial charge in [-0.1, -0.05) is 0 Å². The van der Waals surface area contributed by atoms with Gasteiger partial charge >= 0.3 is 0 Å². The first-order valence-corrected chi connectivity index (χ1v) is 10.9. The number of rotatable bonds is 12. The van der Waals surface area contributed by atoms with Crippen LogP contribution in [0.25, 0.3) is 0 Å². The molecule has 0 unspecified atom stereocenters. The molecule has 2 N–H and O–H groups in total. The Balaban J connectivity index is 1.81. The number of nitrogens with zero attached hydrogens (tertiary/aromatic N) is 6. The molecule has 3 aromatic carbocycles. The van der Waals surface area contributed by atoms with Gasteiger partial charge in [-0.05, 0) is 36.4 Å². The monoisotopic (exact) mass is 494 g/mol. The van der Waals surface area contributed by atoms with Crippen molar-refractivity contribution in [2.24, 2.45) is 20.5 Å². The van der Waals surface area contributed by atoms with Gasteiger partial charge in [-0.15, -0.1) is 10.2 Å². The van der Waals surface area contributed by atoms with E-state index < -0.39 is 4.92 Å². The highest BCUT2D eigenvalue weighted by molar-refractivity contribution is 5.66. The number of hydrogen-bond donors (Lipinski definition) is 2. The third-order valence-corrected chi connectivity index (χ3v) is 5.04. The van der Waals surface area contributed by atoms with Crippen molar-refractivity contribution in [3.05, 3.63) is 70.8 Å². The largest absolute Gasteiger partial charge is 0.494 e. The molecular weight excluding hydrogens is 468 g/mol. The first kappa shape index (κ1) is 26.2. The summed E-state index contributed by atoms with van der Waals surface area (Å²) >= 11 is 0. The van der Waals surface area contributed by atoms with E-state index in [1.54, 1.807) is 24.3 Å². The van der Waals surface area contributed by atoms with Crippen LogP contribution in [0.15, 0.2) is 81.1 Å². The third-order valence-electron chi connectivity index (χ3n) is 5.04. The predicted molar refractivity (Wildman–Crippen MR) is 134 cm³/mol. The second-order valence-corrected chi connectivity index (χ2v) is 7.32. The summed E-state index contributed by atoms with van der Waals surface area (Å²) in [6.45, 7) is 0.775. The van der Waals surface area contributed by atoms with Gasteiger partial charge in [0.25, 0.3) is 5.69 Å². The number of hydrogen-bond acceptors (Lipinski definition) is 11. The zero-order valence-electron chi connectivity index (χ0n) is 19.8. The van der Waals surface area contributed by atoms with Crippen LogP contribution in [0.1, 0.15) is 0 Å². The number of nitro groups is 1. The van der Waals surface area contributed by atoms with Crippen molar-refractivity contribution in [2.75, 3.05) is 45.4 Å². The molecule has 0 aliphatic heterocycles. The van der Waals surface area contributed by atoms with E-state index in [2.05, 4.69) is 20.5 Å². The molecule has 0 aliphatic carbocycles. The van der Waals surface area contributed by atoms with E-state index in [4.69, 9.17) is 9.47 Å². The fourth-order valence-corrected chi connectivity index (χ4v) is 3.23. The van der Waals surface area contributed by atoms with Gasteiger partial charge in [-0.25, -0.2) is 0 Å². The predicted octanol–water partition coefficient (Wildman–Crippen LogP) is 5.23. The van der Waals surface area contributed by atoms with Crippen LogP contribution in [0.3, 0.4) is 0 Å². The van der Waals surface area contributed by atoms with E-state index in [1.807, 2.05) is 17.0 Å². The Morgan fingerprint density at radius 1 is 0.778 bits per heavy atom. The second-order valence-electron chi connectivity index (χ2n) is 7.32. The summed E-state index contributed by atoms with van der Waals surface area (Å²) in [6, 6.07) is 16.1. The summed E-state index contributed by atoms with van der Waals surface area (Å²) in [5, 5.41) is 46.0. The Labute approximate surface area is 207 Å². The maximum atomic E-state index is 10.8. The Hall–Kier alpha value is -4.42. The van der Waals surface area contributed by atoms with Crippen molar-refractivity contribution in [3.8, 4) is 11.5 Å². The van der Waals surface area contributed by atoms with Crippen molar-refractivity contribution < 1.29 is 24.6 Å². The highest BCUT2D eigenvalue weighted by atomic mass is 16.6. The topological polar surface area (TPSA) is 155 Å². The minimum atomic E-state index is -0.486. The molecule has 188 valence electrons. The van der Waals surface area contributed by atoms with E-state index in [-0.39, 0.29) is 18.9 Å². The van der Waals surface area contributed by atoms with E-state index in [9.17, 15) is 20.3 Å². The molecule has 3 rings (SSSR count). The van der Waals surface area contributed by atoms with Crippen molar-refractivity contribution in [3.63, 3.8) is 0 Å². The van der Waals surface area contributed by atoms with Crippen LogP contribution in [0, 0.1) is 10.1 Å². The van der Waals surface area contributed by atoms with Crippen LogP contribution in [0.2, 0.25) is 0 Å². The quantitative estimate of drug-likeness (QED) is 0.198. The van der Waals surface area contributed by atoms with Gasteiger partial charge in [0, 0.05) is 43.0 Å². The molecule has 0 aliphatic rings. The summed E-state index contributed by atoms with van der Waals surface area (Å²) in [5.41, 5.74) is 2.63. The Morgan fingerprint density at radius 3 is 1.61 bits per heavy atom. The van der Waals surface area contributed by atoms with Gasteiger partial charge in [-0.3, -0.25) is 10.1 Å². The van der Waals surface area contributed by atoms with Crippen molar-refractivity contribution >= 4 is 34.1 Å². The fourth-order valence-electron chi connectivity index (χ4n) is 3.23. The van der Waals surface area contributed by atoms with Crippen molar-refractivity contribution in [1.82, 2.24) is 0 Å². The Morgan fingerprint density at radius 2 is 1.22 bits per heavy atom. The molecule has 0 saturated carbocycles. The van der Waals surface area contributed by atoms with Crippen LogP contribution < -0.4 is 14.4 Å². The molecule has 36 heavy (non-hydrogen) atoms. The highest BCUT2D eigenvalue weighted by Gasteiger charge is 2.12. The maximum Gasteiger partial charge on any atom is 0.269 e. The smallest absolute Gasteiger partial charge is 0.269 e. The standard InChI is InChI=1S/C24H26N6O6/c1-35-23-16-22(28-26-18-5-9-20(10-6-18)30(33)34)24(36-2)15-21(23)27-25-17-3-7-19(8-4-17)29(11-13-31)12-14-32/h3-10,15-16,31-32H,11-14H2,1-2H3. The molecule has 0 atom stereocenters. The summed E-state index contributed by atoms with van der Waals surface area (Å²) in [7, 11) is 2.97. The normalized spacial score (nSPS) is 11.2. The first-order chi connectivity index (χ1) is 17.5. The van der Waals surface area contributed by atoms with Gasteiger partial charge < -0.3 is 24.6 Å². The van der Waals surface area contributed by atoms with Crippen molar-refractivity contribution in [1.29, 1.82) is 0 Å². The number of ether oxygens (including phenoxy) is 2. The molecule has 0 radical (unpaired) electrons. The summed E-state index contributed by atoms with van der Waals surface area (Å²) < 4.78 is 10.9. The molecule has 3 aromatic rings. The molecule has 12 heteroatoms. The van der Waals surface area contributed by atoms with E-state index >= 15 is 0 Å². The van der Waals surface area contributed by atoms with Gasteiger partial charge in [0.2, 0.25) is 0 Å². The Bertz CT molecular complexity index is 1210. The van der Waals surface area contributed by atoms with Crippen LogP contribution in [-0.4, -0.2) is 55.7 Å². The van der Waals surface area contributed by atoms with E-state index in [1.165, 1.54) is 38.5 Å². The minimum Gasteiger partial charge on any atom is -0.494 e. The van der Waals surface area contributed by atoms with Gasteiger partial charge in [0.15, 0.2) is 0 Å². The zero-order valence-corrected chi connectivity index (χ0v) is 19.8. The average molecular weight is 495 g/mol. The maximum absolute atomic E-state index is 10.8. The van der Waals surface area contributed by atoms with Gasteiger partial charge in [-0.2, -0.15) is 10.2 Å². The first-order valence-electron chi connectivity index (χ1n) is 10.9. The zero-order chi connectivity index (χ0) is 25.9. The number of aliphatic hydroxyl groups excluding tert-OH is 2. The van der Waals surface area contributed by atoms with E-state index in [0.717, 1.165) is 5.69 Å². The second kappa shape index (κ2) is 12.9. The van der Waals surface area contributed by atoms with Crippen LogP contribution in [0.5, 0.6) is 11.5 Å². The van der Waals surface area contributed by atoms with Gasteiger partial charge in [0.1, 0.15) is 22.9 Å². The lowest BCUT2D eigenvalue weighted by Gasteiger charge is -2.22. The summed E-state index contributed by atoms with van der Waals surface area (Å²) in [5.74, 6) is 0.778. The molecule has 0 spiro atoms. The molecule has 0 fully saturated rings. The van der Waals surface area contributed by atoms with Crippen molar-refractivity contribution in [2.45, 2.75) is 0 Å². The van der Waals surface area contributed by atoms with Crippen LogP contribution in [0.4, 0.5) is 34.1 Å². The minimum absolute atomic E-state index is 0.0213. The fraction of sp³-hybridized carbons (Fsp3) is 0.250. The lowest BCUT2D eigenvalue weighted by atomic mass is 10.2. The summed E-state index contributed by atoms with van der Waals surface area (Å²) in [4.78, 5) is 12.2. The third kappa shape index (κ3) is 6.81. The number of methoxy groups -OCH3 is 2.